The average Bonchev–Trinajstić information content (AvgIpc) is 2.69. The highest BCUT2D eigenvalue weighted by Gasteiger charge is 2.17. The second-order valence-corrected chi connectivity index (χ2v) is 5.63. The summed E-state index contributed by atoms with van der Waals surface area (Å²) < 4.78 is 2.78. The van der Waals surface area contributed by atoms with Gasteiger partial charge in [-0.15, -0.1) is 0 Å². The van der Waals surface area contributed by atoms with E-state index in [0.717, 1.165) is 28.0 Å². The Morgan fingerprint density at radius 1 is 1.40 bits per heavy atom. The van der Waals surface area contributed by atoms with Crippen molar-refractivity contribution < 1.29 is 4.79 Å². The van der Waals surface area contributed by atoms with Crippen LogP contribution in [0.2, 0.25) is 0 Å². The van der Waals surface area contributed by atoms with E-state index in [4.69, 9.17) is 5.73 Å². The van der Waals surface area contributed by atoms with Crippen molar-refractivity contribution in [3.8, 4) is 0 Å². The minimum absolute atomic E-state index is 0.0726. The molecule has 0 unspecified atom stereocenters. The number of anilines is 1. The summed E-state index contributed by atoms with van der Waals surface area (Å²) in [4.78, 5) is 12.4. The molecule has 4 nitrogen and oxygen atoms in total. The van der Waals surface area contributed by atoms with Gasteiger partial charge in [-0.25, -0.2) is 0 Å². The third-order valence-electron chi connectivity index (χ3n) is 3.37. The lowest BCUT2D eigenvalue weighted by atomic mass is 10.0. The third kappa shape index (κ3) is 2.77. The van der Waals surface area contributed by atoms with Gasteiger partial charge in [-0.2, -0.15) is 5.10 Å². The third-order valence-corrected chi connectivity index (χ3v) is 4.40. The summed E-state index contributed by atoms with van der Waals surface area (Å²) >= 11 is 3.51. The fourth-order valence-corrected chi connectivity index (χ4v) is 2.57. The van der Waals surface area contributed by atoms with E-state index in [1.807, 2.05) is 31.5 Å². The van der Waals surface area contributed by atoms with Gasteiger partial charge in [-0.1, -0.05) is 0 Å². The monoisotopic (exact) mass is 335 g/mol. The van der Waals surface area contributed by atoms with Crippen LogP contribution < -0.4 is 5.73 Å². The number of nitrogens with two attached hydrogens (primary N) is 1. The summed E-state index contributed by atoms with van der Waals surface area (Å²) in [5.74, 6) is 0.0726. The quantitative estimate of drug-likeness (QED) is 0.688. The van der Waals surface area contributed by atoms with Crippen LogP contribution in [0.1, 0.15) is 34.2 Å². The highest BCUT2D eigenvalue weighted by molar-refractivity contribution is 9.10. The van der Waals surface area contributed by atoms with Crippen molar-refractivity contribution in [2.45, 2.75) is 33.7 Å². The Morgan fingerprint density at radius 3 is 2.70 bits per heavy atom. The molecule has 0 radical (unpaired) electrons. The lowest BCUT2D eigenvalue weighted by molar-refractivity contribution is 0.0990. The van der Waals surface area contributed by atoms with Crippen LogP contribution in [0.4, 0.5) is 5.69 Å². The molecule has 0 aliphatic rings. The zero-order chi connectivity index (χ0) is 14.9. The Kier molecular flexibility index (Phi) is 4.28. The van der Waals surface area contributed by atoms with E-state index in [1.165, 1.54) is 0 Å². The summed E-state index contributed by atoms with van der Waals surface area (Å²) in [6.07, 6.45) is 0.332. The van der Waals surface area contributed by atoms with Gasteiger partial charge in [0.15, 0.2) is 5.78 Å². The van der Waals surface area contributed by atoms with Gasteiger partial charge in [-0.05, 0) is 60.5 Å². The van der Waals surface area contributed by atoms with Crippen LogP contribution in [0.5, 0.6) is 0 Å². The molecule has 0 atom stereocenters. The van der Waals surface area contributed by atoms with Gasteiger partial charge in [0.1, 0.15) is 0 Å². The fraction of sp³-hybridized carbons (Fsp3) is 0.333. The average molecular weight is 336 g/mol. The second kappa shape index (κ2) is 5.79. The van der Waals surface area contributed by atoms with Crippen molar-refractivity contribution in [1.82, 2.24) is 9.78 Å². The predicted molar refractivity (Wildman–Crippen MR) is 84.0 cm³/mol. The van der Waals surface area contributed by atoms with E-state index < -0.39 is 0 Å². The molecule has 1 heterocycles. The maximum Gasteiger partial charge on any atom is 0.168 e. The van der Waals surface area contributed by atoms with Crippen LogP contribution >= 0.6 is 15.9 Å². The zero-order valence-corrected chi connectivity index (χ0v) is 13.5. The van der Waals surface area contributed by atoms with Crippen molar-refractivity contribution in [3.63, 3.8) is 0 Å². The maximum atomic E-state index is 12.4. The van der Waals surface area contributed by atoms with Crippen LogP contribution in [0.25, 0.3) is 0 Å². The molecule has 106 valence electrons. The number of aromatic nitrogens is 2. The Morgan fingerprint density at radius 2 is 2.10 bits per heavy atom. The standard InChI is InChI=1S/C15H18BrN3O/c1-4-19-13(15(16)10(3)18-19)8-14(20)11-5-6-12(17)9(2)7-11/h5-7H,4,8,17H2,1-3H3. The van der Waals surface area contributed by atoms with E-state index in [-0.39, 0.29) is 5.78 Å². The molecule has 0 aliphatic heterocycles. The van der Waals surface area contributed by atoms with Crippen LogP contribution in [-0.4, -0.2) is 15.6 Å². The fourth-order valence-electron chi connectivity index (χ4n) is 2.14. The van der Waals surface area contributed by atoms with Crippen molar-refractivity contribution in [2.75, 3.05) is 5.73 Å². The maximum absolute atomic E-state index is 12.4. The molecule has 0 bridgehead atoms. The molecule has 2 N–H and O–H groups in total. The summed E-state index contributed by atoms with van der Waals surface area (Å²) in [5.41, 5.74) is 9.93. The van der Waals surface area contributed by atoms with Gasteiger partial charge in [0.2, 0.25) is 0 Å². The number of aryl methyl sites for hydroxylation is 3. The summed E-state index contributed by atoms with van der Waals surface area (Å²) in [6, 6.07) is 5.39. The molecule has 20 heavy (non-hydrogen) atoms. The number of nitrogen functional groups attached to an aromatic ring is 1. The number of benzene rings is 1. The number of carbonyl (C=O) groups is 1. The van der Waals surface area contributed by atoms with Gasteiger partial charge < -0.3 is 5.73 Å². The molecular formula is C15H18BrN3O. The molecule has 0 amide bonds. The first kappa shape index (κ1) is 14.8. The largest absolute Gasteiger partial charge is 0.399 e. The molecular weight excluding hydrogens is 318 g/mol. The molecule has 2 aromatic rings. The molecule has 0 saturated heterocycles. The minimum atomic E-state index is 0.0726. The van der Waals surface area contributed by atoms with Crippen molar-refractivity contribution in [1.29, 1.82) is 0 Å². The highest BCUT2D eigenvalue weighted by atomic mass is 79.9. The second-order valence-electron chi connectivity index (χ2n) is 4.83. The lowest BCUT2D eigenvalue weighted by Crippen LogP contribution is -2.10. The highest BCUT2D eigenvalue weighted by Crippen LogP contribution is 2.23. The van der Waals surface area contributed by atoms with Crippen LogP contribution in [-0.2, 0) is 13.0 Å². The number of rotatable bonds is 4. The Bertz CT molecular complexity index is 661. The molecule has 0 saturated carbocycles. The Hall–Kier alpha value is -1.62. The first-order valence-corrected chi connectivity index (χ1v) is 7.34. The first-order chi connectivity index (χ1) is 9.43. The number of nitrogens with zero attached hydrogens (tertiary/aromatic N) is 2. The minimum Gasteiger partial charge on any atom is -0.399 e. The number of carbonyl (C=O) groups excluding carboxylic acids is 1. The van der Waals surface area contributed by atoms with Gasteiger partial charge in [0.25, 0.3) is 0 Å². The van der Waals surface area contributed by atoms with Crippen LogP contribution in [0.15, 0.2) is 22.7 Å². The molecule has 2 rings (SSSR count). The number of halogens is 1. The number of hydrogen-bond donors (Lipinski definition) is 1. The van der Waals surface area contributed by atoms with Gasteiger partial charge >= 0.3 is 0 Å². The molecule has 1 aromatic carbocycles. The summed E-state index contributed by atoms with van der Waals surface area (Å²) in [6.45, 7) is 6.59. The van der Waals surface area contributed by atoms with Crippen molar-refractivity contribution >= 4 is 27.4 Å². The van der Waals surface area contributed by atoms with Gasteiger partial charge in [-0.3, -0.25) is 9.48 Å². The molecule has 0 aliphatic carbocycles. The van der Waals surface area contributed by atoms with Crippen LogP contribution in [0, 0.1) is 13.8 Å². The zero-order valence-electron chi connectivity index (χ0n) is 11.9. The normalized spacial score (nSPS) is 10.8. The number of hydrogen-bond acceptors (Lipinski definition) is 3. The lowest BCUT2D eigenvalue weighted by Gasteiger charge is -2.07. The van der Waals surface area contributed by atoms with E-state index in [1.54, 1.807) is 12.1 Å². The van der Waals surface area contributed by atoms with Gasteiger partial charge in [0.05, 0.1) is 22.3 Å². The summed E-state index contributed by atoms with van der Waals surface area (Å²) in [7, 11) is 0. The molecule has 0 fully saturated rings. The molecule has 5 heteroatoms. The SMILES string of the molecule is CCn1nc(C)c(Br)c1CC(=O)c1ccc(N)c(C)c1. The molecule has 1 aromatic heterocycles. The van der Waals surface area contributed by atoms with Gasteiger partial charge in [0, 0.05) is 17.8 Å². The van der Waals surface area contributed by atoms with E-state index in [9.17, 15) is 4.79 Å². The van der Waals surface area contributed by atoms with E-state index >= 15 is 0 Å². The number of Topliss-reactive ketones (excluding diaryl/α,β-unsaturated/α-hetero) is 1. The Balaban J connectivity index is 2.30. The van der Waals surface area contributed by atoms with E-state index in [2.05, 4.69) is 21.0 Å². The van der Waals surface area contributed by atoms with Crippen molar-refractivity contribution in [3.05, 3.63) is 45.2 Å². The van der Waals surface area contributed by atoms with Crippen molar-refractivity contribution in [2.24, 2.45) is 0 Å². The number of ketones is 1. The summed E-state index contributed by atoms with van der Waals surface area (Å²) in [5, 5.41) is 4.40. The first-order valence-electron chi connectivity index (χ1n) is 6.55. The predicted octanol–water partition coefficient (Wildman–Crippen LogP) is 3.29. The molecule has 0 spiro atoms. The van der Waals surface area contributed by atoms with Crippen LogP contribution in [0.3, 0.4) is 0 Å². The smallest absolute Gasteiger partial charge is 0.168 e. The topological polar surface area (TPSA) is 60.9 Å². The Labute approximate surface area is 127 Å². The van der Waals surface area contributed by atoms with E-state index in [0.29, 0.717) is 17.7 Å².